The lowest BCUT2D eigenvalue weighted by molar-refractivity contribution is -0.123. The van der Waals surface area contributed by atoms with Gasteiger partial charge >= 0.3 is 0 Å². The fourth-order valence-corrected chi connectivity index (χ4v) is 4.96. The number of hydrogen-bond donors (Lipinski definition) is 3. The maximum Gasteiger partial charge on any atom is 0.250 e. The maximum absolute atomic E-state index is 12.6. The number of carbonyl (C=O) groups excluding carboxylic acids is 1. The molecule has 6 nitrogen and oxygen atoms in total. The third-order valence-electron chi connectivity index (χ3n) is 3.90. The number of aromatic nitrogens is 1. The third-order valence-corrected chi connectivity index (χ3v) is 6.77. The smallest absolute Gasteiger partial charge is 0.250 e. The van der Waals surface area contributed by atoms with E-state index in [0.717, 1.165) is 27.8 Å². The number of amides is 1. The van der Waals surface area contributed by atoms with E-state index in [2.05, 4.69) is 15.0 Å². The largest absolute Gasteiger partial charge is 0.361 e. The van der Waals surface area contributed by atoms with E-state index in [9.17, 15) is 13.2 Å². The third kappa shape index (κ3) is 4.14. The van der Waals surface area contributed by atoms with E-state index in [1.54, 1.807) is 11.4 Å². The van der Waals surface area contributed by atoms with Crippen LogP contribution in [0.3, 0.4) is 0 Å². The summed E-state index contributed by atoms with van der Waals surface area (Å²) in [4.78, 5) is 15.8. The Morgan fingerprint density at radius 3 is 2.65 bits per heavy atom. The Balaban J connectivity index is 1.89. The van der Waals surface area contributed by atoms with E-state index in [-0.39, 0.29) is 22.6 Å². The van der Waals surface area contributed by atoms with Gasteiger partial charge < -0.3 is 10.3 Å². The molecule has 138 valence electrons. The van der Waals surface area contributed by atoms with E-state index in [1.165, 1.54) is 6.07 Å². The maximum atomic E-state index is 12.6. The Kier molecular flexibility index (Phi) is 5.45. The second kappa shape index (κ2) is 7.61. The minimum absolute atomic E-state index is 0.0841. The topological polar surface area (TPSA) is 91.1 Å². The van der Waals surface area contributed by atoms with Crippen molar-refractivity contribution in [1.29, 1.82) is 0 Å². The monoisotopic (exact) mass is 391 g/mol. The van der Waals surface area contributed by atoms with Gasteiger partial charge in [0.1, 0.15) is 10.3 Å². The molecule has 0 fully saturated rings. The van der Waals surface area contributed by atoms with Crippen LogP contribution >= 0.6 is 11.3 Å². The van der Waals surface area contributed by atoms with Crippen LogP contribution in [0.25, 0.3) is 10.9 Å². The molecular weight excluding hydrogens is 370 g/mol. The fraction of sp³-hybridized carbons (Fsp3) is 0.278. The highest BCUT2D eigenvalue weighted by molar-refractivity contribution is 7.91. The lowest BCUT2D eigenvalue weighted by Gasteiger charge is -2.19. The van der Waals surface area contributed by atoms with Crippen LogP contribution in [0.5, 0.6) is 0 Å². The van der Waals surface area contributed by atoms with Crippen molar-refractivity contribution in [3.05, 3.63) is 53.5 Å². The zero-order chi connectivity index (χ0) is 18.7. The first-order valence-electron chi connectivity index (χ1n) is 8.28. The normalized spacial score (nSPS) is 13.2. The van der Waals surface area contributed by atoms with Crippen molar-refractivity contribution in [3.63, 3.8) is 0 Å². The molecular formula is C18H21N3O3S2. The van der Waals surface area contributed by atoms with Gasteiger partial charge in [0.15, 0.2) is 0 Å². The molecule has 0 saturated carbocycles. The molecule has 0 aliphatic heterocycles. The fourth-order valence-electron chi connectivity index (χ4n) is 2.76. The number of para-hydroxylation sites is 1. The molecule has 0 spiro atoms. The second-order valence-corrected chi connectivity index (χ2v) is 9.22. The number of benzene rings is 1. The molecule has 3 N–H and O–H groups in total. The summed E-state index contributed by atoms with van der Waals surface area (Å²) in [6.07, 6.45) is 2.08. The van der Waals surface area contributed by atoms with Gasteiger partial charge in [0.05, 0.1) is 0 Å². The Morgan fingerprint density at radius 2 is 1.96 bits per heavy atom. The molecule has 0 aliphatic carbocycles. The van der Waals surface area contributed by atoms with Gasteiger partial charge in [-0.1, -0.05) is 24.3 Å². The first-order valence-corrected chi connectivity index (χ1v) is 10.6. The van der Waals surface area contributed by atoms with Crippen LogP contribution in [0.4, 0.5) is 0 Å². The van der Waals surface area contributed by atoms with Gasteiger partial charge in [0.2, 0.25) is 5.91 Å². The highest BCUT2D eigenvalue weighted by Gasteiger charge is 2.27. The predicted octanol–water partition coefficient (Wildman–Crippen LogP) is 2.64. The van der Waals surface area contributed by atoms with Crippen LogP contribution in [-0.4, -0.2) is 31.4 Å². The standard InChI is InChI=1S/C18H21N3O3S2/c1-12(2)20-18(22)16(21-26(23,24)17-8-5-9-25-17)10-13-11-19-15-7-4-3-6-14(13)15/h3-9,11-12,16,19,21H,10H2,1-2H3,(H,20,22)/t16-/m1/s1. The Bertz CT molecular complexity index is 992. The first-order chi connectivity index (χ1) is 12.4. The molecule has 3 rings (SSSR count). The SMILES string of the molecule is CC(C)NC(=O)[C@@H](Cc1c[nH]c2ccccc12)NS(=O)(=O)c1cccs1. The second-order valence-electron chi connectivity index (χ2n) is 6.33. The minimum Gasteiger partial charge on any atom is -0.361 e. The van der Waals surface area contributed by atoms with Gasteiger partial charge in [-0.25, -0.2) is 8.42 Å². The Morgan fingerprint density at radius 1 is 1.19 bits per heavy atom. The van der Waals surface area contributed by atoms with E-state index in [4.69, 9.17) is 0 Å². The lowest BCUT2D eigenvalue weighted by Crippen LogP contribution is -2.49. The number of sulfonamides is 1. The molecule has 0 unspecified atom stereocenters. The lowest BCUT2D eigenvalue weighted by atomic mass is 10.0. The van der Waals surface area contributed by atoms with Gasteiger partial charge in [0, 0.05) is 23.1 Å². The van der Waals surface area contributed by atoms with Crippen molar-refractivity contribution in [3.8, 4) is 0 Å². The quantitative estimate of drug-likeness (QED) is 0.578. The van der Waals surface area contributed by atoms with Crippen molar-refractivity contribution in [1.82, 2.24) is 15.0 Å². The van der Waals surface area contributed by atoms with Crippen molar-refractivity contribution in [2.24, 2.45) is 0 Å². The van der Waals surface area contributed by atoms with Crippen LogP contribution in [-0.2, 0) is 21.2 Å². The number of fused-ring (bicyclic) bond motifs is 1. The molecule has 2 aromatic heterocycles. The van der Waals surface area contributed by atoms with Crippen LogP contribution < -0.4 is 10.0 Å². The summed E-state index contributed by atoms with van der Waals surface area (Å²) in [5.74, 6) is -0.342. The zero-order valence-electron chi connectivity index (χ0n) is 14.5. The van der Waals surface area contributed by atoms with Crippen molar-refractivity contribution < 1.29 is 13.2 Å². The van der Waals surface area contributed by atoms with Gasteiger partial charge in [-0.05, 0) is 43.3 Å². The summed E-state index contributed by atoms with van der Waals surface area (Å²) >= 11 is 1.12. The number of rotatable bonds is 7. The van der Waals surface area contributed by atoms with Crippen molar-refractivity contribution >= 4 is 38.2 Å². The highest BCUT2D eigenvalue weighted by Crippen LogP contribution is 2.21. The van der Waals surface area contributed by atoms with Crippen molar-refractivity contribution in [2.75, 3.05) is 0 Å². The van der Waals surface area contributed by atoms with Crippen molar-refractivity contribution in [2.45, 2.75) is 36.6 Å². The van der Waals surface area contributed by atoms with E-state index in [1.807, 2.05) is 44.3 Å². The summed E-state index contributed by atoms with van der Waals surface area (Å²) in [5.41, 5.74) is 1.84. The Hall–Kier alpha value is -2.16. The van der Waals surface area contributed by atoms with E-state index in [0.29, 0.717) is 0 Å². The number of hydrogen-bond acceptors (Lipinski definition) is 4. The number of aromatic amines is 1. The Labute approximate surface area is 156 Å². The van der Waals surface area contributed by atoms with Gasteiger partial charge in [-0.3, -0.25) is 4.79 Å². The van der Waals surface area contributed by atoms with Gasteiger partial charge in [0.25, 0.3) is 10.0 Å². The molecule has 0 radical (unpaired) electrons. The number of carbonyl (C=O) groups is 1. The van der Waals surface area contributed by atoms with Crippen LogP contribution in [0.1, 0.15) is 19.4 Å². The summed E-state index contributed by atoms with van der Waals surface area (Å²) in [7, 11) is -3.76. The van der Waals surface area contributed by atoms with Crippen LogP contribution in [0.15, 0.2) is 52.2 Å². The molecule has 8 heteroatoms. The highest BCUT2D eigenvalue weighted by atomic mass is 32.2. The summed E-state index contributed by atoms with van der Waals surface area (Å²) in [6, 6.07) is 9.94. The average molecular weight is 392 g/mol. The zero-order valence-corrected chi connectivity index (χ0v) is 16.2. The average Bonchev–Trinajstić information content (AvgIpc) is 3.24. The molecule has 0 aliphatic rings. The van der Waals surface area contributed by atoms with E-state index < -0.39 is 16.1 Å². The summed E-state index contributed by atoms with van der Waals surface area (Å²) in [5, 5.41) is 5.47. The molecule has 26 heavy (non-hydrogen) atoms. The first kappa shape index (κ1) is 18.6. The summed E-state index contributed by atoms with van der Waals surface area (Å²) < 4.78 is 27.9. The molecule has 2 heterocycles. The van der Waals surface area contributed by atoms with E-state index >= 15 is 0 Å². The number of nitrogens with one attached hydrogen (secondary N) is 3. The van der Waals surface area contributed by atoms with Crippen LogP contribution in [0.2, 0.25) is 0 Å². The molecule has 1 amide bonds. The predicted molar refractivity (Wildman–Crippen MR) is 104 cm³/mol. The van der Waals surface area contributed by atoms with Gasteiger partial charge in [-0.15, -0.1) is 11.3 Å². The minimum atomic E-state index is -3.76. The molecule has 0 bridgehead atoms. The van der Waals surface area contributed by atoms with Crippen LogP contribution in [0, 0.1) is 0 Å². The molecule has 3 aromatic rings. The molecule has 1 atom stereocenters. The summed E-state index contributed by atoms with van der Waals surface area (Å²) in [6.45, 7) is 3.68. The number of H-pyrrole nitrogens is 1. The number of thiophene rings is 1. The van der Waals surface area contributed by atoms with Gasteiger partial charge in [-0.2, -0.15) is 4.72 Å². The molecule has 1 aromatic carbocycles. The molecule has 0 saturated heterocycles.